The Morgan fingerprint density at radius 1 is 1.21 bits per heavy atom. The molecule has 2 aliphatic heterocycles. The molecule has 1 aromatic carbocycles. The minimum absolute atomic E-state index is 0.0768. The second-order valence-corrected chi connectivity index (χ2v) is 9.95. The van der Waals surface area contributed by atoms with Crippen molar-refractivity contribution in [2.45, 2.75) is 57.9 Å². The standard InChI is InChI=1S/C24H28F3N3O2S/c1-14-11-17(13-18(12-14)24(25,26)27)16(3)28(4)23(32)30-9-8-29-19(5-6-20(29)31)21(30)22-15(2)7-10-33-22/h7,10-13,16,19,21H,5-6,8-9H2,1-4H3/t16-,19+,21?/m1/s1. The van der Waals surface area contributed by atoms with Crippen LogP contribution in [0.1, 0.15) is 59.0 Å². The minimum Gasteiger partial charge on any atom is -0.335 e. The normalized spacial score (nSPS) is 21.8. The second kappa shape index (κ2) is 8.66. The van der Waals surface area contributed by atoms with Crippen LogP contribution in [0.25, 0.3) is 0 Å². The van der Waals surface area contributed by atoms with E-state index in [2.05, 4.69) is 0 Å². The number of urea groups is 1. The molecule has 1 aromatic heterocycles. The van der Waals surface area contributed by atoms with Crippen molar-refractivity contribution in [1.82, 2.24) is 14.7 Å². The number of hydrogen-bond acceptors (Lipinski definition) is 3. The topological polar surface area (TPSA) is 43.9 Å². The van der Waals surface area contributed by atoms with Crippen LogP contribution < -0.4 is 0 Å². The number of halogens is 3. The summed E-state index contributed by atoms with van der Waals surface area (Å²) < 4.78 is 40.0. The maximum atomic E-state index is 13.7. The summed E-state index contributed by atoms with van der Waals surface area (Å²) in [6.45, 7) is 6.23. The summed E-state index contributed by atoms with van der Waals surface area (Å²) in [7, 11) is 1.63. The number of carbonyl (C=O) groups excluding carboxylic acids is 2. The summed E-state index contributed by atoms with van der Waals surface area (Å²) in [6.07, 6.45) is -3.28. The van der Waals surface area contributed by atoms with Crippen LogP contribution in [-0.4, -0.2) is 52.8 Å². The number of aryl methyl sites for hydroxylation is 2. The molecule has 5 nitrogen and oxygen atoms in total. The van der Waals surface area contributed by atoms with Crippen molar-refractivity contribution < 1.29 is 22.8 Å². The van der Waals surface area contributed by atoms with Gasteiger partial charge in [-0.15, -0.1) is 11.3 Å². The number of piperazine rings is 1. The highest BCUT2D eigenvalue weighted by molar-refractivity contribution is 7.10. The molecule has 2 aromatic rings. The second-order valence-electron chi connectivity index (χ2n) is 9.00. The van der Waals surface area contributed by atoms with Gasteiger partial charge in [0.15, 0.2) is 0 Å². The van der Waals surface area contributed by atoms with Crippen LogP contribution in [0.15, 0.2) is 29.6 Å². The van der Waals surface area contributed by atoms with Gasteiger partial charge in [0.1, 0.15) is 0 Å². The van der Waals surface area contributed by atoms with Crippen LogP contribution in [0.3, 0.4) is 0 Å². The summed E-state index contributed by atoms with van der Waals surface area (Å²) in [5.74, 6) is 0.118. The molecule has 3 heterocycles. The number of alkyl halides is 3. The molecule has 3 atom stereocenters. The highest BCUT2D eigenvalue weighted by Gasteiger charge is 2.46. The quantitative estimate of drug-likeness (QED) is 0.580. The molecule has 3 amide bonds. The molecule has 2 fully saturated rings. The first-order chi connectivity index (χ1) is 15.5. The van der Waals surface area contributed by atoms with Crippen LogP contribution in [0.4, 0.5) is 18.0 Å². The predicted molar refractivity (Wildman–Crippen MR) is 121 cm³/mol. The molecule has 0 spiro atoms. The van der Waals surface area contributed by atoms with Gasteiger partial charge < -0.3 is 14.7 Å². The third-order valence-electron chi connectivity index (χ3n) is 6.86. The Hall–Kier alpha value is -2.55. The maximum absolute atomic E-state index is 13.7. The van der Waals surface area contributed by atoms with Crippen molar-refractivity contribution in [1.29, 1.82) is 0 Å². The van der Waals surface area contributed by atoms with Gasteiger partial charge in [-0.2, -0.15) is 13.2 Å². The lowest BCUT2D eigenvalue weighted by Gasteiger charge is -2.46. The van der Waals surface area contributed by atoms with Crippen LogP contribution >= 0.6 is 11.3 Å². The van der Waals surface area contributed by atoms with Gasteiger partial charge in [0, 0.05) is 31.4 Å². The average molecular weight is 480 g/mol. The van der Waals surface area contributed by atoms with E-state index in [9.17, 15) is 22.8 Å². The smallest absolute Gasteiger partial charge is 0.335 e. The molecule has 0 N–H and O–H groups in total. The third kappa shape index (κ3) is 4.35. The highest BCUT2D eigenvalue weighted by atomic mass is 32.1. The van der Waals surface area contributed by atoms with Crippen molar-refractivity contribution >= 4 is 23.3 Å². The third-order valence-corrected chi connectivity index (χ3v) is 7.95. The van der Waals surface area contributed by atoms with E-state index in [-0.39, 0.29) is 24.0 Å². The number of rotatable bonds is 3. The molecule has 4 rings (SSSR count). The van der Waals surface area contributed by atoms with Crippen LogP contribution in [0, 0.1) is 13.8 Å². The number of nitrogens with zero attached hydrogens (tertiary/aromatic N) is 3. The van der Waals surface area contributed by atoms with Gasteiger partial charge in [-0.1, -0.05) is 11.6 Å². The lowest BCUT2D eigenvalue weighted by atomic mass is 9.97. The number of thiophene rings is 1. The molecular formula is C24H28F3N3O2S. The molecule has 0 radical (unpaired) electrons. The predicted octanol–water partition coefficient (Wildman–Crippen LogP) is 5.54. The highest BCUT2D eigenvalue weighted by Crippen LogP contribution is 2.42. The Balaban J connectivity index is 1.64. The number of carbonyl (C=O) groups is 2. The summed E-state index contributed by atoms with van der Waals surface area (Å²) in [5.41, 5.74) is 1.30. The van der Waals surface area contributed by atoms with Gasteiger partial charge >= 0.3 is 12.2 Å². The molecule has 2 aliphatic rings. The van der Waals surface area contributed by atoms with Crippen molar-refractivity contribution in [3.63, 3.8) is 0 Å². The molecule has 9 heteroatoms. The zero-order valence-corrected chi connectivity index (χ0v) is 20.0. The molecule has 0 bridgehead atoms. The van der Waals surface area contributed by atoms with Crippen molar-refractivity contribution in [3.8, 4) is 0 Å². The van der Waals surface area contributed by atoms with Gasteiger partial charge in [0.2, 0.25) is 5.91 Å². The number of amides is 3. The molecule has 2 saturated heterocycles. The lowest BCUT2D eigenvalue weighted by Crippen LogP contribution is -2.57. The molecule has 0 saturated carbocycles. The first-order valence-corrected chi connectivity index (χ1v) is 11.9. The van der Waals surface area contributed by atoms with E-state index in [0.717, 1.165) is 22.6 Å². The number of benzene rings is 1. The van der Waals surface area contributed by atoms with Crippen molar-refractivity contribution in [3.05, 3.63) is 56.8 Å². The first-order valence-electron chi connectivity index (χ1n) is 11.0. The van der Waals surface area contributed by atoms with Gasteiger partial charge in [0.25, 0.3) is 0 Å². The summed E-state index contributed by atoms with van der Waals surface area (Å²) in [5, 5.41) is 1.99. The Morgan fingerprint density at radius 3 is 2.58 bits per heavy atom. The Labute approximate surface area is 195 Å². The summed E-state index contributed by atoms with van der Waals surface area (Å²) in [6, 6.07) is 4.82. The molecular weight excluding hydrogens is 451 g/mol. The number of hydrogen-bond donors (Lipinski definition) is 0. The molecule has 178 valence electrons. The van der Waals surface area contributed by atoms with E-state index in [1.54, 1.807) is 43.2 Å². The SMILES string of the molecule is Cc1cc([C@@H](C)N(C)C(=O)N2CCN3C(=O)CC[C@H]3C2c2sccc2C)cc(C(F)(F)F)c1. The van der Waals surface area contributed by atoms with E-state index in [4.69, 9.17) is 0 Å². The van der Waals surface area contributed by atoms with Crippen LogP contribution in [0.5, 0.6) is 0 Å². The lowest BCUT2D eigenvalue weighted by molar-refractivity contribution is -0.137. The van der Waals surface area contributed by atoms with Gasteiger partial charge in [0.05, 0.1) is 23.7 Å². The van der Waals surface area contributed by atoms with Gasteiger partial charge in [-0.05, 0) is 61.9 Å². The van der Waals surface area contributed by atoms with Gasteiger partial charge in [-0.25, -0.2) is 4.79 Å². The van der Waals surface area contributed by atoms with Crippen molar-refractivity contribution in [2.24, 2.45) is 0 Å². The maximum Gasteiger partial charge on any atom is 0.416 e. The Bertz CT molecular complexity index is 1070. The first kappa shape index (κ1) is 23.6. The van der Waals surface area contributed by atoms with E-state index in [0.29, 0.717) is 37.1 Å². The monoisotopic (exact) mass is 479 g/mol. The Kier molecular flexibility index (Phi) is 6.20. The fraction of sp³-hybridized carbons (Fsp3) is 0.500. The van der Waals surface area contributed by atoms with E-state index in [1.807, 2.05) is 23.3 Å². The summed E-state index contributed by atoms with van der Waals surface area (Å²) in [4.78, 5) is 32.3. The van der Waals surface area contributed by atoms with Crippen LogP contribution in [0.2, 0.25) is 0 Å². The fourth-order valence-electron chi connectivity index (χ4n) is 4.96. The minimum atomic E-state index is -4.45. The number of fused-ring (bicyclic) bond motifs is 1. The zero-order chi connectivity index (χ0) is 24.1. The van der Waals surface area contributed by atoms with Crippen LogP contribution in [-0.2, 0) is 11.0 Å². The largest absolute Gasteiger partial charge is 0.416 e. The summed E-state index contributed by atoms with van der Waals surface area (Å²) >= 11 is 1.58. The Morgan fingerprint density at radius 2 is 1.94 bits per heavy atom. The molecule has 33 heavy (non-hydrogen) atoms. The van der Waals surface area contributed by atoms with E-state index >= 15 is 0 Å². The molecule has 0 aliphatic carbocycles. The zero-order valence-electron chi connectivity index (χ0n) is 19.1. The molecule has 1 unspecified atom stereocenters. The van der Waals surface area contributed by atoms with E-state index < -0.39 is 17.8 Å². The van der Waals surface area contributed by atoms with E-state index in [1.165, 1.54) is 4.90 Å². The van der Waals surface area contributed by atoms with Gasteiger partial charge in [-0.3, -0.25) is 4.79 Å². The average Bonchev–Trinajstić information content (AvgIpc) is 3.36. The fourth-order valence-corrected chi connectivity index (χ4v) is 6.06. The van der Waals surface area contributed by atoms with Crippen molar-refractivity contribution in [2.75, 3.05) is 20.1 Å².